The molecular weight excluding hydrogens is 244 g/mol. The molecule has 18 heavy (non-hydrogen) atoms. The fourth-order valence-corrected chi connectivity index (χ4v) is 3.20. The zero-order chi connectivity index (χ0) is 13.5. The summed E-state index contributed by atoms with van der Waals surface area (Å²) < 4.78 is 0. The van der Waals surface area contributed by atoms with E-state index in [0.29, 0.717) is 30.2 Å². The van der Waals surface area contributed by atoms with Crippen LogP contribution in [0.1, 0.15) is 34.1 Å². The summed E-state index contributed by atoms with van der Waals surface area (Å²) in [6, 6.07) is 0.373. The average molecular weight is 272 g/mol. The standard InChI is InChI=1S/C14H28N2OS/c1-11(2)8-16(9-12(3)4)14(17)7-13-10-18-6-5-15-13/h11-13,15H,5-10H2,1-4H3. The Hall–Kier alpha value is -0.220. The van der Waals surface area contributed by atoms with Gasteiger partial charge in [-0.1, -0.05) is 27.7 Å². The van der Waals surface area contributed by atoms with Crippen molar-refractivity contribution in [3.8, 4) is 0 Å². The zero-order valence-electron chi connectivity index (χ0n) is 12.2. The summed E-state index contributed by atoms with van der Waals surface area (Å²) in [5.74, 6) is 3.65. The molecular formula is C14H28N2OS. The first-order valence-electron chi connectivity index (χ1n) is 7.08. The van der Waals surface area contributed by atoms with Crippen molar-refractivity contribution >= 4 is 17.7 Å². The number of carbonyl (C=O) groups is 1. The highest BCUT2D eigenvalue weighted by Crippen LogP contribution is 2.13. The van der Waals surface area contributed by atoms with E-state index in [9.17, 15) is 4.79 Å². The summed E-state index contributed by atoms with van der Waals surface area (Å²) >= 11 is 1.95. The largest absolute Gasteiger partial charge is 0.342 e. The van der Waals surface area contributed by atoms with Gasteiger partial charge in [-0.15, -0.1) is 0 Å². The zero-order valence-corrected chi connectivity index (χ0v) is 13.1. The molecule has 0 saturated carbocycles. The predicted molar refractivity (Wildman–Crippen MR) is 80.0 cm³/mol. The molecule has 0 aromatic heterocycles. The van der Waals surface area contributed by atoms with E-state index in [4.69, 9.17) is 0 Å². The Morgan fingerprint density at radius 2 is 1.89 bits per heavy atom. The van der Waals surface area contributed by atoms with Crippen LogP contribution in [0.2, 0.25) is 0 Å². The van der Waals surface area contributed by atoms with Crippen LogP contribution in [-0.2, 0) is 4.79 Å². The number of nitrogens with zero attached hydrogens (tertiary/aromatic N) is 1. The molecule has 1 unspecified atom stereocenters. The molecule has 106 valence electrons. The summed E-state index contributed by atoms with van der Waals surface area (Å²) in [6.07, 6.45) is 0.659. The van der Waals surface area contributed by atoms with Gasteiger partial charge in [-0.25, -0.2) is 0 Å². The molecule has 1 rings (SSSR count). The molecule has 0 bridgehead atoms. The normalized spacial score (nSPS) is 20.4. The van der Waals surface area contributed by atoms with Crippen LogP contribution < -0.4 is 5.32 Å². The summed E-state index contributed by atoms with van der Waals surface area (Å²) in [7, 11) is 0. The van der Waals surface area contributed by atoms with E-state index in [1.165, 1.54) is 5.75 Å². The molecule has 0 aliphatic carbocycles. The van der Waals surface area contributed by atoms with Gasteiger partial charge in [0.15, 0.2) is 0 Å². The molecule has 1 heterocycles. The van der Waals surface area contributed by atoms with Gasteiger partial charge in [0.1, 0.15) is 0 Å². The molecule has 0 aromatic rings. The predicted octanol–water partition coefficient (Wildman–Crippen LogP) is 2.22. The third-order valence-corrected chi connectivity index (χ3v) is 4.07. The van der Waals surface area contributed by atoms with Crippen molar-refractivity contribution in [2.45, 2.75) is 40.2 Å². The number of nitrogens with one attached hydrogen (secondary N) is 1. The van der Waals surface area contributed by atoms with Gasteiger partial charge < -0.3 is 10.2 Å². The van der Waals surface area contributed by atoms with E-state index < -0.39 is 0 Å². The Kier molecular flexibility index (Phi) is 7.08. The lowest BCUT2D eigenvalue weighted by Gasteiger charge is -2.29. The lowest BCUT2D eigenvalue weighted by molar-refractivity contribution is -0.132. The second-order valence-corrected chi connectivity index (χ2v) is 7.17. The molecule has 3 nitrogen and oxygen atoms in total. The van der Waals surface area contributed by atoms with E-state index in [1.807, 2.05) is 11.8 Å². The Morgan fingerprint density at radius 1 is 1.28 bits per heavy atom. The SMILES string of the molecule is CC(C)CN(CC(C)C)C(=O)CC1CSCCN1. The van der Waals surface area contributed by atoms with Crippen LogP contribution >= 0.6 is 11.8 Å². The Bertz CT molecular complexity index is 240. The second-order valence-electron chi connectivity index (χ2n) is 6.02. The molecule has 1 N–H and O–H groups in total. The monoisotopic (exact) mass is 272 g/mol. The molecule has 0 spiro atoms. The van der Waals surface area contributed by atoms with E-state index in [0.717, 1.165) is 25.4 Å². The second kappa shape index (κ2) is 8.05. The van der Waals surface area contributed by atoms with Crippen LogP contribution in [0, 0.1) is 11.8 Å². The molecule has 0 radical (unpaired) electrons. The van der Waals surface area contributed by atoms with Crippen molar-refractivity contribution < 1.29 is 4.79 Å². The minimum atomic E-state index is 0.317. The summed E-state index contributed by atoms with van der Waals surface area (Å²) in [5, 5.41) is 3.44. The van der Waals surface area contributed by atoms with E-state index in [1.54, 1.807) is 0 Å². The van der Waals surface area contributed by atoms with Crippen molar-refractivity contribution in [1.82, 2.24) is 10.2 Å². The Balaban J connectivity index is 2.46. The van der Waals surface area contributed by atoms with Crippen molar-refractivity contribution in [3.05, 3.63) is 0 Å². The molecule has 1 fully saturated rings. The minimum Gasteiger partial charge on any atom is -0.342 e. The van der Waals surface area contributed by atoms with Crippen molar-refractivity contribution in [2.75, 3.05) is 31.1 Å². The number of rotatable bonds is 6. The average Bonchev–Trinajstić information content (AvgIpc) is 2.28. The summed E-state index contributed by atoms with van der Waals surface area (Å²) in [4.78, 5) is 14.4. The van der Waals surface area contributed by atoms with E-state index >= 15 is 0 Å². The Labute approximate surface area is 116 Å². The van der Waals surface area contributed by atoms with Crippen molar-refractivity contribution in [1.29, 1.82) is 0 Å². The summed E-state index contributed by atoms with van der Waals surface area (Å²) in [6.45, 7) is 11.5. The quantitative estimate of drug-likeness (QED) is 0.805. The minimum absolute atomic E-state index is 0.317. The van der Waals surface area contributed by atoms with Gasteiger partial charge in [0.2, 0.25) is 5.91 Å². The van der Waals surface area contributed by atoms with Crippen LogP contribution in [-0.4, -0.2) is 48.0 Å². The number of hydrogen-bond acceptors (Lipinski definition) is 3. The molecule has 1 aliphatic rings. The molecule has 1 saturated heterocycles. The van der Waals surface area contributed by atoms with Crippen LogP contribution in [0.4, 0.5) is 0 Å². The lowest BCUT2D eigenvalue weighted by Crippen LogP contribution is -2.44. The van der Waals surface area contributed by atoms with Crippen LogP contribution in [0.15, 0.2) is 0 Å². The van der Waals surface area contributed by atoms with Gasteiger partial charge in [0.05, 0.1) is 0 Å². The van der Waals surface area contributed by atoms with Crippen LogP contribution in [0.3, 0.4) is 0 Å². The van der Waals surface area contributed by atoms with E-state index in [2.05, 4.69) is 37.9 Å². The molecule has 4 heteroatoms. The number of carbonyl (C=O) groups excluding carboxylic acids is 1. The van der Waals surface area contributed by atoms with Crippen molar-refractivity contribution in [3.63, 3.8) is 0 Å². The van der Waals surface area contributed by atoms with E-state index in [-0.39, 0.29) is 0 Å². The fourth-order valence-electron chi connectivity index (χ4n) is 2.25. The van der Waals surface area contributed by atoms with Gasteiger partial charge >= 0.3 is 0 Å². The van der Waals surface area contributed by atoms with Gasteiger partial charge in [0.25, 0.3) is 0 Å². The fraction of sp³-hybridized carbons (Fsp3) is 0.929. The number of thioether (sulfide) groups is 1. The highest BCUT2D eigenvalue weighted by atomic mass is 32.2. The maximum absolute atomic E-state index is 12.4. The first-order valence-corrected chi connectivity index (χ1v) is 8.23. The van der Waals surface area contributed by atoms with Gasteiger partial charge in [-0.05, 0) is 11.8 Å². The molecule has 1 atom stereocenters. The summed E-state index contributed by atoms with van der Waals surface area (Å²) in [5.41, 5.74) is 0. The topological polar surface area (TPSA) is 32.3 Å². The Morgan fingerprint density at radius 3 is 2.33 bits per heavy atom. The molecule has 1 amide bonds. The highest BCUT2D eigenvalue weighted by Gasteiger charge is 2.21. The maximum Gasteiger partial charge on any atom is 0.224 e. The lowest BCUT2D eigenvalue weighted by atomic mass is 10.1. The van der Waals surface area contributed by atoms with Crippen LogP contribution in [0.5, 0.6) is 0 Å². The molecule has 1 aliphatic heterocycles. The number of hydrogen-bond donors (Lipinski definition) is 1. The maximum atomic E-state index is 12.4. The van der Waals surface area contributed by atoms with Gasteiger partial charge in [0, 0.05) is 43.6 Å². The van der Waals surface area contributed by atoms with Crippen molar-refractivity contribution in [2.24, 2.45) is 11.8 Å². The highest BCUT2D eigenvalue weighted by molar-refractivity contribution is 7.99. The van der Waals surface area contributed by atoms with Crippen LogP contribution in [0.25, 0.3) is 0 Å². The first-order chi connectivity index (χ1) is 8.49. The third kappa shape index (κ3) is 6.10. The first kappa shape index (κ1) is 15.8. The molecule has 0 aromatic carbocycles. The third-order valence-electron chi connectivity index (χ3n) is 2.94. The number of amides is 1. The smallest absolute Gasteiger partial charge is 0.224 e. The van der Waals surface area contributed by atoms with Gasteiger partial charge in [-0.2, -0.15) is 11.8 Å². The van der Waals surface area contributed by atoms with Gasteiger partial charge in [-0.3, -0.25) is 4.79 Å².